The van der Waals surface area contributed by atoms with Gasteiger partial charge in [0, 0.05) is 18.8 Å². The predicted octanol–water partition coefficient (Wildman–Crippen LogP) is 0.972. The van der Waals surface area contributed by atoms with E-state index < -0.39 is 5.91 Å². The molecule has 2 rings (SSSR count). The zero-order chi connectivity index (χ0) is 14.0. The van der Waals surface area contributed by atoms with E-state index in [1.165, 1.54) is 0 Å². The maximum Gasteiger partial charge on any atom is 0.252 e. The highest BCUT2D eigenvalue weighted by Gasteiger charge is 2.24. The van der Waals surface area contributed by atoms with Gasteiger partial charge in [-0.15, -0.1) is 0 Å². The number of primary amides is 1. The molecule has 1 aromatic heterocycles. The lowest BCUT2D eigenvalue weighted by atomic mass is 9.96. The molecule has 1 aromatic rings. The Morgan fingerprint density at radius 1 is 1.42 bits per heavy atom. The van der Waals surface area contributed by atoms with E-state index in [1.54, 1.807) is 0 Å². The van der Waals surface area contributed by atoms with Crippen molar-refractivity contribution in [3.63, 3.8) is 0 Å². The second-order valence-corrected chi connectivity index (χ2v) is 5.31. The highest BCUT2D eigenvalue weighted by atomic mass is 16.1. The lowest BCUT2D eigenvalue weighted by molar-refractivity contribution is 0.1000. The Bertz CT molecular complexity index is 479. The second-order valence-electron chi connectivity index (χ2n) is 5.31. The third-order valence-electron chi connectivity index (χ3n) is 3.82. The van der Waals surface area contributed by atoms with Gasteiger partial charge in [0.05, 0.1) is 5.56 Å². The SMILES string of the molecule is Cc1cc(C)c(C(N)=O)c(N2CCC(CN)CC2)n1. The molecule has 104 valence electrons. The number of hydrogen-bond acceptors (Lipinski definition) is 4. The fourth-order valence-corrected chi connectivity index (χ4v) is 2.73. The zero-order valence-electron chi connectivity index (χ0n) is 11.6. The summed E-state index contributed by atoms with van der Waals surface area (Å²) in [5, 5.41) is 0. The van der Waals surface area contributed by atoms with Crippen molar-refractivity contribution in [2.24, 2.45) is 17.4 Å². The molecule has 5 heteroatoms. The highest BCUT2D eigenvalue weighted by molar-refractivity contribution is 5.99. The molecule has 1 fully saturated rings. The van der Waals surface area contributed by atoms with Crippen LogP contribution < -0.4 is 16.4 Å². The van der Waals surface area contributed by atoms with E-state index in [0.29, 0.717) is 11.5 Å². The number of carbonyl (C=O) groups is 1. The molecule has 19 heavy (non-hydrogen) atoms. The molecule has 1 amide bonds. The van der Waals surface area contributed by atoms with Crippen LogP contribution in [-0.4, -0.2) is 30.5 Å². The summed E-state index contributed by atoms with van der Waals surface area (Å²) in [6.07, 6.45) is 2.09. The number of aryl methyl sites for hydroxylation is 2. The van der Waals surface area contributed by atoms with Crippen LogP contribution in [0.1, 0.15) is 34.5 Å². The largest absolute Gasteiger partial charge is 0.365 e. The monoisotopic (exact) mass is 262 g/mol. The standard InChI is InChI=1S/C14H22N4O/c1-9-7-10(2)17-14(12(9)13(16)19)18-5-3-11(8-15)4-6-18/h7,11H,3-6,8,15H2,1-2H3,(H2,16,19). The Hall–Kier alpha value is -1.62. The number of aromatic nitrogens is 1. The number of pyridine rings is 1. The average Bonchev–Trinajstić information content (AvgIpc) is 2.37. The minimum absolute atomic E-state index is 0.402. The Kier molecular flexibility index (Phi) is 4.04. The van der Waals surface area contributed by atoms with Gasteiger partial charge < -0.3 is 16.4 Å². The summed E-state index contributed by atoms with van der Waals surface area (Å²) in [6, 6.07) is 1.90. The quantitative estimate of drug-likeness (QED) is 0.850. The van der Waals surface area contributed by atoms with Crippen molar-refractivity contribution in [3.05, 3.63) is 22.9 Å². The normalized spacial score (nSPS) is 16.7. The van der Waals surface area contributed by atoms with E-state index in [-0.39, 0.29) is 0 Å². The zero-order valence-corrected chi connectivity index (χ0v) is 11.6. The molecule has 0 saturated carbocycles. The van der Waals surface area contributed by atoms with Crippen LogP contribution in [0.5, 0.6) is 0 Å². The average molecular weight is 262 g/mol. The summed E-state index contributed by atoms with van der Waals surface area (Å²) in [7, 11) is 0. The molecule has 1 saturated heterocycles. The lowest BCUT2D eigenvalue weighted by Gasteiger charge is -2.33. The van der Waals surface area contributed by atoms with Crippen molar-refractivity contribution >= 4 is 11.7 Å². The number of piperidine rings is 1. The second kappa shape index (κ2) is 5.57. The van der Waals surface area contributed by atoms with Gasteiger partial charge in [-0.3, -0.25) is 4.79 Å². The van der Waals surface area contributed by atoms with E-state index in [4.69, 9.17) is 11.5 Å². The smallest absolute Gasteiger partial charge is 0.252 e. The predicted molar refractivity (Wildman–Crippen MR) is 76.2 cm³/mol. The molecule has 2 heterocycles. The van der Waals surface area contributed by atoms with Crippen molar-refractivity contribution in [1.82, 2.24) is 4.98 Å². The van der Waals surface area contributed by atoms with Gasteiger partial charge in [-0.25, -0.2) is 4.98 Å². The fourth-order valence-electron chi connectivity index (χ4n) is 2.73. The van der Waals surface area contributed by atoms with E-state index in [0.717, 1.165) is 49.6 Å². The first-order valence-corrected chi connectivity index (χ1v) is 6.76. The molecule has 0 bridgehead atoms. The van der Waals surface area contributed by atoms with Crippen LogP contribution in [0.15, 0.2) is 6.07 Å². The molecular weight excluding hydrogens is 240 g/mol. The number of nitrogens with zero attached hydrogens (tertiary/aromatic N) is 2. The first-order chi connectivity index (χ1) is 9.02. The van der Waals surface area contributed by atoms with Crippen molar-refractivity contribution in [2.75, 3.05) is 24.5 Å². The summed E-state index contributed by atoms with van der Waals surface area (Å²) < 4.78 is 0. The molecule has 0 aliphatic carbocycles. The van der Waals surface area contributed by atoms with Crippen LogP contribution >= 0.6 is 0 Å². The number of hydrogen-bond donors (Lipinski definition) is 2. The molecule has 0 atom stereocenters. The maximum absolute atomic E-state index is 11.7. The first-order valence-electron chi connectivity index (χ1n) is 6.76. The molecule has 1 aliphatic rings. The van der Waals surface area contributed by atoms with E-state index in [2.05, 4.69) is 9.88 Å². The summed E-state index contributed by atoms with van der Waals surface area (Å²) in [5.74, 6) is 0.917. The minimum Gasteiger partial charge on any atom is -0.365 e. The molecular formula is C14H22N4O. The molecule has 0 spiro atoms. The third-order valence-corrected chi connectivity index (χ3v) is 3.82. The van der Waals surface area contributed by atoms with Crippen LogP contribution in [0.3, 0.4) is 0 Å². The first kappa shape index (κ1) is 13.8. The third kappa shape index (κ3) is 2.87. The van der Waals surface area contributed by atoms with Gasteiger partial charge in [0.2, 0.25) is 0 Å². The van der Waals surface area contributed by atoms with Crippen LogP contribution in [0.25, 0.3) is 0 Å². The van der Waals surface area contributed by atoms with Gasteiger partial charge >= 0.3 is 0 Å². The van der Waals surface area contributed by atoms with Gasteiger partial charge in [0.15, 0.2) is 0 Å². The molecule has 0 aromatic carbocycles. The van der Waals surface area contributed by atoms with Crippen LogP contribution in [0, 0.1) is 19.8 Å². The van der Waals surface area contributed by atoms with E-state index in [1.807, 2.05) is 19.9 Å². The van der Waals surface area contributed by atoms with Crippen LogP contribution in [0.2, 0.25) is 0 Å². The fraction of sp³-hybridized carbons (Fsp3) is 0.571. The Morgan fingerprint density at radius 2 is 2.05 bits per heavy atom. The molecule has 1 aliphatic heterocycles. The van der Waals surface area contributed by atoms with E-state index in [9.17, 15) is 4.79 Å². The Labute approximate surface area is 114 Å². The number of carbonyl (C=O) groups excluding carboxylic acids is 1. The van der Waals surface area contributed by atoms with Crippen molar-refractivity contribution in [2.45, 2.75) is 26.7 Å². The Balaban J connectivity index is 2.31. The maximum atomic E-state index is 11.7. The summed E-state index contributed by atoms with van der Waals surface area (Å²) in [5.41, 5.74) is 13.6. The summed E-state index contributed by atoms with van der Waals surface area (Å²) in [6.45, 7) is 6.35. The highest BCUT2D eigenvalue weighted by Crippen LogP contribution is 2.26. The van der Waals surface area contributed by atoms with Gasteiger partial charge in [0.25, 0.3) is 5.91 Å². The lowest BCUT2D eigenvalue weighted by Crippen LogP contribution is -2.38. The van der Waals surface area contributed by atoms with Gasteiger partial charge in [-0.1, -0.05) is 0 Å². The Morgan fingerprint density at radius 3 is 2.58 bits per heavy atom. The molecule has 0 unspecified atom stereocenters. The van der Waals surface area contributed by atoms with Gasteiger partial charge in [-0.2, -0.15) is 0 Å². The molecule has 5 nitrogen and oxygen atoms in total. The van der Waals surface area contributed by atoms with Gasteiger partial charge in [0.1, 0.15) is 5.82 Å². The number of amides is 1. The molecule has 4 N–H and O–H groups in total. The summed E-state index contributed by atoms with van der Waals surface area (Å²) >= 11 is 0. The minimum atomic E-state index is -0.402. The number of anilines is 1. The molecule has 0 radical (unpaired) electrons. The topological polar surface area (TPSA) is 85.2 Å². The van der Waals surface area contributed by atoms with Gasteiger partial charge in [-0.05, 0) is 50.8 Å². The van der Waals surface area contributed by atoms with E-state index >= 15 is 0 Å². The van der Waals surface area contributed by atoms with Crippen molar-refractivity contribution in [3.8, 4) is 0 Å². The van der Waals surface area contributed by atoms with Crippen molar-refractivity contribution < 1.29 is 4.79 Å². The van der Waals surface area contributed by atoms with Crippen LogP contribution in [0.4, 0.5) is 5.82 Å². The summed E-state index contributed by atoms with van der Waals surface area (Å²) in [4.78, 5) is 18.3. The number of rotatable bonds is 3. The van der Waals surface area contributed by atoms with Crippen molar-refractivity contribution in [1.29, 1.82) is 0 Å². The van der Waals surface area contributed by atoms with Crippen LogP contribution in [-0.2, 0) is 0 Å². The number of nitrogens with two attached hydrogens (primary N) is 2.